The third kappa shape index (κ3) is 2.16. The van der Waals surface area contributed by atoms with E-state index in [1.165, 1.54) is 0 Å². The quantitative estimate of drug-likeness (QED) is 0.487. The van der Waals surface area contributed by atoms with E-state index in [-0.39, 0.29) is 12.8 Å². The molecular formula is C7H9F3O4. The molecule has 7 heteroatoms. The number of halogens is 3. The maximum atomic E-state index is 11.7. The van der Waals surface area contributed by atoms with Crippen LogP contribution in [0.25, 0.3) is 0 Å². The molecule has 0 amide bonds. The summed E-state index contributed by atoms with van der Waals surface area (Å²) in [5, 5.41) is 18.4. The number of aliphatic hydroxyl groups excluding tert-OH is 1. The predicted octanol–water partition coefficient (Wildman–Crippen LogP) is 0.325. The van der Waals surface area contributed by atoms with Crippen LogP contribution in [0.3, 0.4) is 0 Å². The summed E-state index contributed by atoms with van der Waals surface area (Å²) in [6, 6.07) is 0. The molecule has 14 heavy (non-hydrogen) atoms. The van der Waals surface area contributed by atoms with Crippen molar-refractivity contribution in [2.45, 2.75) is 37.3 Å². The van der Waals surface area contributed by atoms with Crippen molar-refractivity contribution in [3.63, 3.8) is 0 Å². The van der Waals surface area contributed by atoms with Crippen molar-refractivity contribution in [1.82, 2.24) is 0 Å². The van der Waals surface area contributed by atoms with Crippen molar-refractivity contribution < 1.29 is 32.9 Å². The Hall–Kier alpha value is -0.820. The molecular weight excluding hydrogens is 205 g/mol. The third-order valence-electron chi connectivity index (χ3n) is 2.03. The Morgan fingerprint density at radius 3 is 2.43 bits per heavy atom. The first-order chi connectivity index (χ1) is 6.26. The van der Waals surface area contributed by atoms with Gasteiger partial charge < -0.3 is 14.9 Å². The standard InChI is InChI=1S/C7H9F3O4/c8-7(9,10)5(12)14-6(13)3-1-2-4(6)11/h4,11,13H,1-3H2. The van der Waals surface area contributed by atoms with Gasteiger partial charge in [0, 0.05) is 6.42 Å². The van der Waals surface area contributed by atoms with Gasteiger partial charge in [-0.2, -0.15) is 13.2 Å². The van der Waals surface area contributed by atoms with Crippen molar-refractivity contribution in [1.29, 1.82) is 0 Å². The minimum atomic E-state index is -5.15. The van der Waals surface area contributed by atoms with Crippen molar-refractivity contribution in [2.75, 3.05) is 0 Å². The van der Waals surface area contributed by atoms with Crippen LogP contribution in [0.4, 0.5) is 13.2 Å². The highest BCUT2D eigenvalue weighted by molar-refractivity contribution is 5.76. The normalized spacial score (nSPS) is 33.1. The van der Waals surface area contributed by atoms with Gasteiger partial charge in [0.2, 0.25) is 5.79 Å². The minimum Gasteiger partial charge on any atom is -0.424 e. The first-order valence-corrected chi connectivity index (χ1v) is 3.96. The first-order valence-electron chi connectivity index (χ1n) is 3.96. The van der Waals surface area contributed by atoms with Crippen LogP contribution >= 0.6 is 0 Å². The van der Waals surface area contributed by atoms with Gasteiger partial charge in [-0.05, 0) is 12.8 Å². The molecule has 2 unspecified atom stereocenters. The second-order valence-corrected chi connectivity index (χ2v) is 3.14. The van der Waals surface area contributed by atoms with E-state index < -0.39 is 24.0 Å². The Bertz CT molecular complexity index is 240. The van der Waals surface area contributed by atoms with Gasteiger partial charge in [-0.25, -0.2) is 4.79 Å². The van der Waals surface area contributed by atoms with E-state index in [2.05, 4.69) is 4.74 Å². The molecule has 0 spiro atoms. The molecule has 1 saturated carbocycles. The van der Waals surface area contributed by atoms with Crippen LogP contribution < -0.4 is 0 Å². The molecule has 0 aromatic carbocycles. The molecule has 0 saturated heterocycles. The Kier molecular flexibility index (Phi) is 2.73. The topological polar surface area (TPSA) is 66.8 Å². The first kappa shape index (κ1) is 11.3. The molecule has 1 rings (SSSR count). The molecule has 2 N–H and O–H groups in total. The molecule has 0 bridgehead atoms. The molecule has 82 valence electrons. The van der Waals surface area contributed by atoms with Crippen LogP contribution in [0.1, 0.15) is 19.3 Å². The summed E-state index contributed by atoms with van der Waals surface area (Å²) in [5.74, 6) is -4.87. The Morgan fingerprint density at radius 2 is 2.07 bits per heavy atom. The van der Waals surface area contributed by atoms with Crippen LogP contribution in [0, 0.1) is 0 Å². The van der Waals surface area contributed by atoms with E-state index in [0.29, 0.717) is 6.42 Å². The predicted molar refractivity (Wildman–Crippen MR) is 37.0 cm³/mol. The van der Waals surface area contributed by atoms with Crippen LogP contribution in [0.15, 0.2) is 0 Å². The fourth-order valence-electron chi connectivity index (χ4n) is 1.28. The van der Waals surface area contributed by atoms with Gasteiger partial charge in [0.15, 0.2) is 0 Å². The van der Waals surface area contributed by atoms with E-state index >= 15 is 0 Å². The van der Waals surface area contributed by atoms with Crippen molar-refractivity contribution >= 4 is 5.97 Å². The minimum absolute atomic E-state index is 0.113. The van der Waals surface area contributed by atoms with Crippen molar-refractivity contribution in [2.24, 2.45) is 0 Å². The number of aliphatic hydroxyl groups is 2. The molecule has 1 aliphatic rings. The van der Waals surface area contributed by atoms with Gasteiger partial charge in [-0.1, -0.05) is 0 Å². The average Bonchev–Trinajstić information content (AvgIpc) is 2.30. The molecule has 0 radical (unpaired) electrons. The maximum absolute atomic E-state index is 11.7. The monoisotopic (exact) mass is 214 g/mol. The number of alkyl halides is 3. The fourth-order valence-corrected chi connectivity index (χ4v) is 1.28. The van der Waals surface area contributed by atoms with E-state index in [0.717, 1.165) is 0 Å². The second kappa shape index (κ2) is 3.39. The molecule has 0 heterocycles. The number of carbonyl (C=O) groups is 1. The lowest BCUT2D eigenvalue weighted by Crippen LogP contribution is -2.45. The lowest BCUT2D eigenvalue weighted by molar-refractivity contribution is -0.265. The number of ether oxygens (including phenoxy) is 1. The highest BCUT2D eigenvalue weighted by Gasteiger charge is 2.50. The molecule has 1 aliphatic carbocycles. The smallest absolute Gasteiger partial charge is 0.424 e. The summed E-state index contributed by atoms with van der Waals surface area (Å²) in [4.78, 5) is 10.4. The Morgan fingerprint density at radius 1 is 1.50 bits per heavy atom. The van der Waals surface area contributed by atoms with Gasteiger partial charge in [0.1, 0.15) is 6.10 Å². The van der Waals surface area contributed by atoms with E-state index in [1.54, 1.807) is 0 Å². The molecule has 1 fully saturated rings. The highest BCUT2D eigenvalue weighted by Crippen LogP contribution is 2.33. The number of carbonyl (C=O) groups excluding carboxylic acids is 1. The fraction of sp³-hybridized carbons (Fsp3) is 0.857. The SMILES string of the molecule is O=C(OC1(O)CCCC1O)C(F)(F)F. The zero-order chi connectivity index (χ0) is 11.0. The van der Waals surface area contributed by atoms with Gasteiger partial charge in [-0.15, -0.1) is 0 Å². The molecule has 0 aromatic heterocycles. The Balaban J connectivity index is 2.64. The molecule has 0 aliphatic heterocycles. The van der Waals surface area contributed by atoms with Gasteiger partial charge in [0.05, 0.1) is 0 Å². The zero-order valence-electron chi connectivity index (χ0n) is 7.04. The summed E-state index contributed by atoms with van der Waals surface area (Å²) in [5.41, 5.74) is 0. The zero-order valence-corrected chi connectivity index (χ0v) is 7.04. The Labute approximate surface area is 77.3 Å². The number of hydrogen-bond donors (Lipinski definition) is 2. The van der Waals surface area contributed by atoms with Crippen molar-refractivity contribution in [3.8, 4) is 0 Å². The van der Waals surface area contributed by atoms with Crippen LogP contribution in [-0.2, 0) is 9.53 Å². The molecule has 0 aromatic rings. The number of esters is 1. The largest absolute Gasteiger partial charge is 0.491 e. The summed E-state index contributed by atoms with van der Waals surface area (Å²) < 4.78 is 39.0. The van der Waals surface area contributed by atoms with E-state index in [9.17, 15) is 23.1 Å². The highest BCUT2D eigenvalue weighted by atomic mass is 19.4. The number of rotatable bonds is 1. The van der Waals surface area contributed by atoms with Gasteiger partial charge >= 0.3 is 12.1 Å². The lowest BCUT2D eigenvalue weighted by Gasteiger charge is -2.26. The van der Waals surface area contributed by atoms with Crippen LogP contribution in [0.5, 0.6) is 0 Å². The third-order valence-corrected chi connectivity index (χ3v) is 2.03. The lowest BCUT2D eigenvalue weighted by atomic mass is 10.2. The summed E-state index contributed by atoms with van der Waals surface area (Å²) in [6.07, 6.45) is -6.37. The maximum Gasteiger partial charge on any atom is 0.491 e. The molecule has 4 nitrogen and oxygen atoms in total. The summed E-state index contributed by atoms with van der Waals surface area (Å²) in [6.45, 7) is 0. The summed E-state index contributed by atoms with van der Waals surface area (Å²) in [7, 11) is 0. The second-order valence-electron chi connectivity index (χ2n) is 3.14. The summed E-state index contributed by atoms with van der Waals surface area (Å²) >= 11 is 0. The van der Waals surface area contributed by atoms with Crippen LogP contribution in [0.2, 0.25) is 0 Å². The molecule has 2 atom stereocenters. The van der Waals surface area contributed by atoms with Gasteiger partial charge in [-0.3, -0.25) is 0 Å². The average molecular weight is 214 g/mol. The van der Waals surface area contributed by atoms with Crippen LogP contribution in [-0.4, -0.2) is 34.2 Å². The van der Waals surface area contributed by atoms with Crippen molar-refractivity contribution in [3.05, 3.63) is 0 Å². The van der Waals surface area contributed by atoms with E-state index in [4.69, 9.17) is 5.11 Å². The number of hydrogen-bond acceptors (Lipinski definition) is 4. The van der Waals surface area contributed by atoms with E-state index in [1.807, 2.05) is 0 Å². The van der Waals surface area contributed by atoms with Gasteiger partial charge in [0.25, 0.3) is 0 Å².